The van der Waals surface area contributed by atoms with Gasteiger partial charge in [0.25, 0.3) is 0 Å². The van der Waals surface area contributed by atoms with Gasteiger partial charge in [-0.25, -0.2) is 0 Å². The summed E-state index contributed by atoms with van der Waals surface area (Å²) in [6, 6.07) is 0. The van der Waals surface area contributed by atoms with E-state index in [1.165, 1.54) is 50.3 Å². The van der Waals surface area contributed by atoms with Crippen LogP contribution in [-0.2, 0) is 0 Å². The highest BCUT2D eigenvalue weighted by molar-refractivity contribution is 7.57. The highest BCUT2D eigenvalue weighted by Crippen LogP contribution is 2.35. The smallest absolute Gasteiger partial charge is 0.0326 e. The zero-order valence-electron chi connectivity index (χ0n) is 8.68. The third-order valence-corrected chi connectivity index (χ3v) is 5.47. The Balaban J connectivity index is 3.06. The highest BCUT2D eigenvalue weighted by atomic mass is 31.1. The molecule has 0 heterocycles. The van der Waals surface area contributed by atoms with Crippen LogP contribution in [0.5, 0.6) is 0 Å². The Bertz CT molecular complexity index is 79.9. The molecular formula is C10H24P2. The van der Waals surface area contributed by atoms with E-state index in [4.69, 9.17) is 0 Å². The van der Waals surface area contributed by atoms with E-state index in [9.17, 15) is 0 Å². The van der Waals surface area contributed by atoms with Crippen molar-refractivity contribution in [3.63, 3.8) is 0 Å². The first-order valence-electron chi connectivity index (χ1n) is 5.27. The summed E-state index contributed by atoms with van der Waals surface area (Å²) < 4.78 is 0. The van der Waals surface area contributed by atoms with Crippen LogP contribution in [0.2, 0.25) is 0 Å². The number of hydrogen-bond donors (Lipinski definition) is 0. The van der Waals surface area contributed by atoms with Gasteiger partial charge in [0.2, 0.25) is 0 Å². The van der Waals surface area contributed by atoms with E-state index >= 15 is 0 Å². The topological polar surface area (TPSA) is 0 Å². The summed E-state index contributed by atoms with van der Waals surface area (Å²) in [6.07, 6.45) is 11.5. The minimum Gasteiger partial charge on any atom is -0.138 e. The fourth-order valence-electron chi connectivity index (χ4n) is 1.37. The van der Waals surface area contributed by atoms with E-state index in [0.717, 1.165) is 0 Å². The maximum Gasteiger partial charge on any atom is -0.0326 e. The monoisotopic (exact) mass is 206 g/mol. The third-order valence-electron chi connectivity index (χ3n) is 2.32. The average molecular weight is 206 g/mol. The van der Waals surface area contributed by atoms with Crippen LogP contribution >= 0.6 is 17.2 Å². The Hall–Kier alpha value is 0.860. The molecule has 0 nitrogen and oxygen atoms in total. The minimum atomic E-state index is 0.418. The van der Waals surface area contributed by atoms with Crippen molar-refractivity contribution in [1.82, 2.24) is 0 Å². The van der Waals surface area contributed by atoms with Crippen LogP contribution in [-0.4, -0.2) is 24.6 Å². The van der Waals surface area contributed by atoms with Gasteiger partial charge < -0.3 is 0 Å². The molecular weight excluding hydrogens is 182 g/mol. The SMILES string of the molecule is CCP(CC)CCCCCCP. The van der Waals surface area contributed by atoms with Gasteiger partial charge in [-0.2, -0.15) is 0 Å². The first-order chi connectivity index (χ1) is 5.85. The van der Waals surface area contributed by atoms with Gasteiger partial charge >= 0.3 is 0 Å². The van der Waals surface area contributed by atoms with E-state index in [-0.39, 0.29) is 0 Å². The minimum absolute atomic E-state index is 0.418. The van der Waals surface area contributed by atoms with Crippen LogP contribution in [0.4, 0.5) is 0 Å². The van der Waals surface area contributed by atoms with Crippen molar-refractivity contribution >= 4 is 17.2 Å². The van der Waals surface area contributed by atoms with Gasteiger partial charge in [-0.3, -0.25) is 0 Å². The molecule has 0 radical (unpaired) electrons. The molecule has 12 heavy (non-hydrogen) atoms. The maximum absolute atomic E-state index is 2.81. The lowest BCUT2D eigenvalue weighted by Gasteiger charge is -2.12. The predicted molar refractivity (Wildman–Crippen MR) is 65.9 cm³/mol. The first-order valence-corrected chi connectivity index (χ1v) is 7.99. The summed E-state index contributed by atoms with van der Waals surface area (Å²) in [5.41, 5.74) is 0. The summed E-state index contributed by atoms with van der Waals surface area (Å²) >= 11 is 0. The second-order valence-electron chi connectivity index (χ2n) is 3.23. The second-order valence-corrected chi connectivity index (χ2v) is 6.86. The van der Waals surface area contributed by atoms with Gasteiger partial charge in [0.05, 0.1) is 0 Å². The fraction of sp³-hybridized carbons (Fsp3) is 1.00. The average Bonchev–Trinajstić information content (AvgIpc) is 2.11. The van der Waals surface area contributed by atoms with Gasteiger partial charge in [0.15, 0.2) is 0 Å². The van der Waals surface area contributed by atoms with Crippen molar-refractivity contribution in [2.45, 2.75) is 39.5 Å². The molecule has 0 saturated heterocycles. The van der Waals surface area contributed by atoms with Gasteiger partial charge in [0.1, 0.15) is 0 Å². The molecule has 1 atom stereocenters. The molecule has 0 aromatic rings. The summed E-state index contributed by atoms with van der Waals surface area (Å²) in [6.45, 7) is 4.69. The Morgan fingerprint density at radius 2 is 1.50 bits per heavy atom. The van der Waals surface area contributed by atoms with Crippen molar-refractivity contribution in [2.24, 2.45) is 0 Å². The molecule has 0 rings (SSSR count). The number of rotatable bonds is 8. The van der Waals surface area contributed by atoms with E-state index in [0.29, 0.717) is 7.92 Å². The van der Waals surface area contributed by atoms with Crippen molar-refractivity contribution in [3.05, 3.63) is 0 Å². The van der Waals surface area contributed by atoms with Crippen molar-refractivity contribution in [1.29, 1.82) is 0 Å². The van der Waals surface area contributed by atoms with Crippen molar-refractivity contribution in [2.75, 3.05) is 24.6 Å². The molecule has 1 unspecified atom stereocenters. The zero-order chi connectivity index (χ0) is 9.23. The van der Waals surface area contributed by atoms with Crippen LogP contribution < -0.4 is 0 Å². The molecule has 0 aliphatic carbocycles. The summed E-state index contributed by atoms with van der Waals surface area (Å²) in [7, 11) is 3.22. The largest absolute Gasteiger partial charge is 0.138 e. The molecule has 0 aromatic heterocycles. The van der Waals surface area contributed by atoms with E-state index in [2.05, 4.69) is 23.1 Å². The summed E-state index contributed by atoms with van der Waals surface area (Å²) in [5.74, 6) is 0. The van der Waals surface area contributed by atoms with Crippen LogP contribution in [0.25, 0.3) is 0 Å². The normalized spacial score (nSPS) is 11.0. The lowest BCUT2D eigenvalue weighted by atomic mass is 10.2. The lowest BCUT2D eigenvalue weighted by Crippen LogP contribution is -1.90. The maximum atomic E-state index is 2.81. The van der Waals surface area contributed by atoms with Gasteiger partial charge in [-0.05, 0) is 37.5 Å². The molecule has 0 aliphatic rings. The van der Waals surface area contributed by atoms with E-state index < -0.39 is 0 Å². The second kappa shape index (κ2) is 9.94. The lowest BCUT2D eigenvalue weighted by molar-refractivity contribution is 0.709. The Morgan fingerprint density at radius 1 is 0.917 bits per heavy atom. The molecule has 0 aliphatic heterocycles. The Morgan fingerprint density at radius 3 is 2.00 bits per heavy atom. The standard InChI is InChI=1S/C10H24P2/c1-3-12(4-2)10-8-6-5-7-9-11/h3-11H2,1-2H3. The Kier molecular flexibility index (Phi) is 10.7. The zero-order valence-corrected chi connectivity index (χ0v) is 10.7. The highest BCUT2D eigenvalue weighted by Gasteiger charge is 2.00. The fourth-order valence-corrected chi connectivity index (χ4v) is 3.41. The molecule has 0 fully saturated rings. The first kappa shape index (κ1) is 12.9. The van der Waals surface area contributed by atoms with Gasteiger partial charge in [0, 0.05) is 0 Å². The predicted octanol–water partition coefficient (Wildman–Crippen LogP) is 3.94. The third kappa shape index (κ3) is 7.51. The molecule has 0 bridgehead atoms. The quantitative estimate of drug-likeness (QED) is 0.417. The van der Waals surface area contributed by atoms with E-state index in [1.54, 1.807) is 0 Å². The Labute approximate surface area is 81.9 Å². The molecule has 2 heteroatoms. The van der Waals surface area contributed by atoms with Gasteiger partial charge in [-0.15, -0.1) is 17.2 Å². The molecule has 0 aromatic carbocycles. The van der Waals surface area contributed by atoms with Crippen LogP contribution in [0, 0.1) is 0 Å². The van der Waals surface area contributed by atoms with E-state index in [1.807, 2.05) is 0 Å². The summed E-state index contributed by atoms with van der Waals surface area (Å²) in [4.78, 5) is 0. The van der Waals surface area contributed by atoms with Crippen LogP contribution in [0.15, 0.2) is 0 Å². The summed E-state index contributed by atoms with van der Waals surface area (Å²) in [5, 5.41) is 0. The van der Waals surface area contributed by atoms with Gasteiger partial charge in [-0.1, -0.05) is 26.7 Å². The van der Waals surface area contributed by atoms with Crippen LogP contribution in [0.3, 0.4) is 0 Å². The number of unbranched alkanes of at least 4 members (excludes halogenated alkanes) is 3. The molecule has 0 N–H and O–H groups in total. The molecule has 0 amide bonds. The molecule has 0 saturated carbocycles. The van der Waals surface area contributed by atoms with Crippen molar-refractivity contribution in [3.8, 4) is 0 Å². The number of hydrogen-bond acceptors (Lipinski definition) is 0. The molecule has 0 spiro atoms. The van der Waals surface area contributed by atoms with Crippen LogP contribution in [0.1, 0.15) is 39.5 Å². The molecule has 74 valence electrons. The van der Waals surface area contributed by atoms with Crippen molar-refractivity contribution < 1.29 is 0 Å².